The second-order valence-electron chi connectivity index (χ2n) is 2.64. The number of thiophene rings is 1. The van der Waals surface area contributed by atoms with Crippen LogP contribution in [0.15, 0.2) is 22.0 Å². The van der Waals surface area contributed by atoms with Crippen molar-refractivity contribution < 1.29 is 4.79 Å². The Morgan fingerprint density at radius 2 is 2.31 bits per heavy atom. The number of carbonyl (C=O) groups excluding carboxylic acids is 1. The van der Waals surface area contributed by atoms with E-state index in [4.69, 9.17) is 5.73 Å². The van der Waals surface area contributed by atoms with E-state index in [9.17, 15) is 4.79 Å². The Balaban J connectivity index is 2.93. The number of nitrogen functional groups attached to an aromatic ring is 1. The van der Waals surface area contributed by atoms with Gasteiger partial charge in [0, 0.05) is 15.4 Å². The van der Waals surface area contributed by atoms with E-state index in [1.807, 2.05) is 11.4 Å². The standard InChI is InChI=1S/C9H6BrNOS/c10-7-3-5(4-12)8(11)6-1-2-13-9(6)7/h1-4H,11H2. The smallest absolute Gasteiger partial charge is 0.152 e. The normalized spacial score (nSPS) is 10.5. The van der Waals surface area contributed by atoms with Crippen molar-refractivity contribution in [3.05, 3.63) is 27.5 Å². The highest BCUT2D eigenvalue weighted by molar-refractivity contribution is 9.10. The van der Waals surface area contributed by atoms with E-state index < -0.39 is 0 Å². The molecule has 66 valence electrons. The van der Waals surface area contributed by atoms with Crippen molar-refractivity contribution in [2.24, 2.45) is 0 Å². The second-order valence-corrected chi connectivity index (χ2v) is 4.41. The fraction of sp³-hybridized carbons (Fsp3) is 0. The third-order valence-corrected chi connectivity index (χ3v) is 3.73. The Kier molecular flexibility index (Phi) is 2.09. The fourth-order valence-electron chi connectivity index (χ4n) is 1.24. The molecule has 0 aliphatic heterocycles. The average molecular weight is 256 g/mol. The zero-order valence-corrected chi connectivity index (χ0v) is 8.98. The number of hydrogen-bond acceptors (Lipinski definition) is 3. The van der Waals surface area contributed by atoms with Crippen LogP contribution in [0.2, 0.25) is 0 Å². The molecule has 0 saturated carbocycles. The number of nitrogens with two attached hydrogens (primary N) is 1. The summed E-state index contributed by atoms with van der Waals surface area (Å²) < 4.78 is 2.01. The highest BCUT2D eigenvalue weighted by atomic mass is 79.9. The topological polar surface area (TPSA) is 43.1 Å². The van der Waals surface area contributed by atoms with E-state index in [1.54, 1.807) is 17.4 Å². The Morgan fingerprint density at radius 3 is 3.00 bits per heavy atom. The molecule has 13 heavy (non-hydrogen) atoms. The predicted molar refractivity (Wildman–Crippen MR) is 59.3 cm³/mol. The van der Waals surface area contributed by atoms with E-state index in [0.29, 0.717) is 11.3 Å². The van der Waals surface area contributed by atoms with Gasteiger partial charge >= 0.3 is 0 Å². The molecule has 2 rings (SSSR count). The third-order valence-electron chi connectivity index (χ3n) is 1.89. The summed E-state index contributed by atoms with van der Waals surface area (Å²) in [7, 11) is 0. The Hall–Kier alpha value is -0.870. The molecule has 0 bridgehead atoms. The van der Waals surface area contributed by atoms with Crippen molar-refractivity contribution in [3.8, 4) is 0 Å². The van der Waals surface area contributed by atoms with Gasteiger partial charge in [0.25, 0.3) is 0 Å². The van der Waals surface area contributed by atoms with E-state index in [1.165, 1.54) is 0 Å². The fourth-order valence-corrected chi connectivity index (χ4v) is 2.80. The summed E-state index contributed by atoms with van der Waals surface area (Å²) in [6.45, 7) is 0. The van der Waals surface area contributed by atoms with Gasteiger partial charge in [0.1, 0.15) is 0 Å². The van der Waals surface area contributed by atoms with E-state index >= 15 is 0 Å². The van der Waals surface area contributed by atoms with E-state index in [2.05, 4.69) is 15.9 Å². The molecule has 0 fully saturated rings. The lowest BCUT2D eigenvalue weighted by Gasteiger charge is -2.01. The maximum atomic E-state index is 10.6. The highest BCUT2D eigenvalue weighted by Crippen LogP contribution is 2.34. The summed E-state index contributed by atoms with van der Waals surface area (Å²) in [5.41, 5.74) is 6.90. The molecule has 4 heteroatoms. The lowest BCUT2D eigenvalue weighted by atomic mass is 10.1. The minimum absolute atomic E-state index is 0.540. The number of anilines is 1. The number of carbonyl (C=O) groups is 1. The lowest BCUT2D eigenvalue weighted by Crippen LogP contribution is -1.93. The maximum absolute atomic E-state index is 10.6. The Bertz CT molecular complexity index is 478. The molecule has 0 unspecified atom stereocenters. The van der Waals surface area contributed by atoms with Gasteiger partial charge < -0.3 is 5.73 Å². The van der Waals surface area contributed by atoms with Gasteiger partial charge in [0.15, 0.2) is 6.29 Å². The van der Waals surface area contributed by atoms with Gasteiger partial charge in [0.2, 0.25) is 0 Å². The minimum atomic E-state index is 0.540. The molecule has 0 aliphatic carbocycles. The first-order chi connectivity index (χ1) is 6.24. The number of benzene rings is 1. The van der Waals surface area contributed by atoms with Crippen molar-refractivity contribution in [1.29, 1.82) is 0 Å². The zero-order valence-electron chi connectivity index (χ0n) is 6.58. The molecule has 0 amide bonds. The summed E-state index contributed by atoms with van der Waals surface area (Å²) >= 11 is 5.00. The zero-order chi connectivity index (χ0) is 9.42. The first-order valence-corrected chi connectivity index (χ1v) is 5.31. The van der Waals surface area contributed by atoms with Gasteiger partial charge in [-0.15, -0.1) is 11.3 Å². The van der Waals surface area contributed by atoms with Crippen molar-refractivity contribution in [3.63, 3.8) is 0 Å². The van der Waals surface area contributed by atoms with Crippen LogP contribution >= 0.6 is 27.3 Å². The molecule has 0 radical (unpaired) electrons. The summed E-state index contributed by atoms with van der Waals surface area (Å²) in [6.07, 6.45) is 0.775. The van der Waals surface area contributed by atoms with Gasteiger partial charge in [-0.05, 0) is 33.4 Å². The summed E-state index contributed by atoms with van der Waals surface area (Å²) in [5, 5.41) is 2.90. The first-order valence-electron chi connectivity index (χ1n) is 3.64. The molecule has 1 heterocycles. The highest BCUT2D eigenvalue weighted by Gasteiger charge is 2.08. The molecule has 1 aromatic heterocycles. The van der Waals surface area contributed by atoms with Crippen LogP contribution in [0.1, 0.15) is 10.4 Å². The summed E-state index contributed by atoms with van der Waals surface area (Å²) in [6, 6.07) is 3.67. The SMILES string of the molecule is Nc1c(C=O)cc(Br)c2sccc12. The minimum Gasteiger partial charge on any atom is -0.398 e. The number of rotatable bonds is 1. The molecule has 0 atom stereocenters. The molecule has 2 nitrogen and oxygen atoms in total. The third kappa shape index (κ3) is 1.26. The van der Waals surface area contributed by atoms with Crippen LogP contribution < -0.4 is 5.73 Å². The van der Waals surface area contributed by atoms with Crippen molar-refractivity contribution >= 4 is 49.3 Å². The van der Waals surface area contributed by atoms with Gasteiger partial charge in [0.05, 0.1) is 10.4 Å². The second kappa shape index (κ2) is 3.12. The molecule has 2 N–H and O–H groups in total. The maximum Gasteiger partial charge on any atom is 0.152 e. The molecule has 1 aromatic carbocycles. The van der Waals surface area contributed by atoms with Crippen LogP contribution in [-0.2, 0) is 0 Å². The first kappa shape index (κ1) is 8.72. The van der Waals surface area contributed by atoms with Crippen molar-refractivity contribution in [2.75, 3.05) is 5.73 Å². The van der Waals surface area contributed by atoms with E-state index in [0.717, 1.165) is 20.8 Å². The molecular weight excluding hydrogens is 250 g/mol. The van der Waals surface area contributed by atoms with Gasteiger partial charge in [-0.3, -0.25) is 4.79 Å². The Morgan fingerprint density at radius 1 is 1.54 bits per heavy atom. The van der Waals surface area contributed by atoms with Crippen LogP contribution in [0.3, 0.4) is 0 Å². The monoisotopic (exact) mass is 255 g/mol. The number of halogens is 1. The van der Waals surface area contributed by atoms with Crippen molar-refractivity contribution in [2.45, 2.75) is 0 Å². The summed E-state index contributed by atoms with van der Waals surface area (Å²) in [4.78, 5) is 10.6. The number of hydrogen-bond donors (Lipinski definition) is 1. The quantitative estimate of drug-likeness (QED) is 0.629. The van der Waals surface area contributed by atoms with Gasteiger partial charge in [-0.2, -0.15) is 0 Å². The van der Waals surface area contributed by atoms with E-state index in [-0.39, 0.29) is 0 Å². The van der Waals surface area contributed by atoms with Crippen LogP contribution in [-0.4, -0.2) is 6.29 Å². The summed E-state index contributed by atoms with van der Waals surface area (Å²) in [5.74, 6) is 0. The van der Waals surface area contributed by atoms with Crippen LogP contribution in [0, 0.1) is 0 Å². The average Bonchev–Trinajstić information content (AvgIpc) is 2.60. The van der Waals surface area contributed by atoms with Crippen LogP contribution in [0.4, 0.5) is 5.69 Å². The predicted octanol–water partition coefficient (Wildman–Crippen LogP) is 3.06. The molecule has 0 spiro atoms. The number of aldehydes is 1. The van der Waals surface area contributed by atoms with Gasteiger partial charge in [-0.1, -0.05) is 0 Å². The van der Waals surface area contributed by atoms with Crippen LogP contribution in [0.5, 0.6) is 0 Å². The van der Waals surface area contributed by atoms with Crippen LogP contribution in [0.25, 0.3) is 10.1 Å². The molecular formula is C9H6BrNOS. The molecule has 2 aromatic rings. The molecule has 0 aliphatic rings. The molecule has 0 saturated heterocycles. The Labute approximate surface area is 87.5 Å². The van der Waals surface area contributed by atoms with Gasteiger partial charge in [-0.25, -0.2) is 0 Å². The lowest BCUT2D eigenvalue weighted by molar-refractivity contribution is 0.112. The van der Waals surface area contributed by atoms with Crippen molar-refractivity contribution in [1.82, 2.24) is 0 Å². The number of fused-ring (bicyclic) bond motifs is 1. The largest absolute Gasteiger partial charge is 0.398 e.